The van der Waals surface area contributed by atoms with Crippen LogP contribution in [0.2, 0.25) is 0 Å². The molecule has 1 aliphatic carbocycles. The van der Waals surface area contributed by atoms with Crippen molar-refractivity contribution < 1.29 is 4.79 Å². The van der Waals surface area contributed by atoms with E-state index in [1.54, 1.807) is 0 Å². The molecule has 92 valence electrons. The Hall–Kier alpha value is -0.390. The van der Waals surface area contributed by atoms with Crippen LogP contribution in [-0.2, 0) is 0 Å². The van der Waals surface area contributed by atoms with E-state index in [2.05, 4.69) is 20.8 Å². The van der Waals surface area contributed by atoms with Crippen LogP contribution in [0.5, 0.6) is 0 Å². The van der Waals surface area contributed by atoms with Crippen molar-refractivity contribution in [2.75, 3.05) is 26.2 Å². The quantitative estimate of drug-likeness (QED) is 0.837. The molecule has 1 aliphatic heterocycles. The number of amides is 1. The Morgan fingerprint density at radius 2 is 1.94 bits per heavy atom. The van der Waals surface area contributed by atoms with Crippen LogP contribution in [0.3, 0.4) is 0 Å². The van der Waals surface area contributed by atoms with Crippen molar-refractivity contribution in [3.05, 3.63) is 20.8 Å². The number of carbonyl (C=O) groups is 1. The molecule has 5 heteroatoms. The van der Waals surface area contributed by atoms with Gasteiger partial charge >= 0.3 is 0 Å². The van der Waals surface area contributed by atoms with Crippen LogP contribution in [0.4, 0.5) is 0 Å². The Labute approximate surface area is 114 Å². The maximum absolute atomic E-state index is 12.2. The standard InChI is InChI=1S/C12H15BrN2OS/c13-11-4-3-10(17-11)12(16)15-7-5-14(6-8-15)9-1-2-9/h3-4,9H,1-2,5-8H2. The third-order valence-electron chi connectivity index (χ3n) is 3.45. The lowest BCUT2D eigenvalue weighted by molar-refractivity contribution is 0.0632. The first-order chi connectivity index (χ1) is 8.24. The number of hydrogen-bond acceptors (Lipinski definition) is 3. The fourth-order valence-corrected chi connectivity index (χ4v) is 3.67. The third-order valence-corrected chi connectivity index (χ3v) is 5.06. The largest absolute Gasteiger partial charge is 0.335 e. The lowest BCUT2D eigenvalue weighted by atomic mass is 10.3. The number of carbonyl (C=O) groups excluding carboxylic acids is 1. The molecule has 2 aliphatic rings. The molecule has 0 spiro atoms. The van der Waals surface area contributed by atoms with Crippen LogP contribution in [0.15, 0.2) is 15.9 Å². The van der Waals surface area contributed by atoms with Gasteiger partial charge in [-0.1, -0.05) is 0 Å². The fraction of sp³-hybridized carbons (Fsp3) is 0.583. The summed E-state index contributed by atoms with van der Waals surface area (Å²) in [6.45, 7) is 3.85. The summed E-state index contributed by atoms with van der Waals surface area (Å²) in [4.78, 5) is 17.6. The Morgan fingerprint density at radius 3 is 2.47 bits per heavy atom. The number of halogens is 1. The molecule has 0 atom stereocenters. The van der Waals surface area contributed by atoms with Crippen LogP contribution >= 0.6 is 27.3 Å². The summed E-state index contributed by atoms with van der Waals surface area (Å²) in [5, 5.41) is 0. The van der Waals surface area contributed by atoms with Crippen LogP contribution in [0.25, 0.3) is 0 Å². The summed E-state index contributed by atoms with van der Waals surface area (Å²) in [5.74, 6) is 0.191. The molecule has 2 heterocycles. The maximum atomic E-state index is 12.2. The molecule has 0 N–H and O–H groups in total. The molecular weight excluding hydrogens is 300 g/mol. The minimum Gasteiger partial charge on any atom is -0.335 e. The summed E-state index contributed by atoms with van der Waals surface area (Å²) in [6, 6.07) is 4.67. The Balaban J connectivity index is 1.60. The highest BCUT2D eigenvalue weighted by Crippen LogP contribution is 2.28. The highest BCUT2D eigenvalue weighted by molar-refractivity contribution is 9.11. The summed E-state index contributed by atoms with van der Waals surface area (Å²) in [6.07, 6.45) is 2.71. The van der Waals surface area contributed by atoms with E-state index in [1.807, 2.05) is 17.0 Å². The highest BCUT2D eigenvalue weighted by atomic mass is 79.9. The maximum Gasteiger partial charge on any atom is 0.264 e. The summed E-state index contributed by atoms with van der Waals surface area (Å²) in [5.41, 5.74) is 0. The molecule has 0 radical (unpaired) electrons. The molecule has 1 aromatic rings. The number of hydrogen-bond donors (Lipinski definition) is 0. The van der Waals surface area contributed by atoms with Gasteiger partial charge < -0.3 is 4.90 Å². The summed E-state index contributed by atoms with van der Waals surface area (Å²) in [7, 11) is 0. The molecule has 3 nitrogen and oxygen atoms in total. The molecule has 0 aromatic carbocycles. The smallest absolute Gasteiger partial charge is 0.264 e. The minimum atomic E-state index is 0.191. The third kappa shape index (κ3) is 2.56. The van der Waals surface area contributed by atoms with Gasteiger partial charge in [0, 0.05) is 32.2 Å². The van der Waals surface area contributed by atoms with E-state index in [4.69, 9.17) is 0 Å². The van der Waals surface area contributed by atoms with Crippen LogP contribution in [-0.4, -0.2) is 47.9 Å². The molecule has 3 rings (SSSR count). The molecule has 0 unspecified atom stereocenters. The predicted molar refractivity (Wildman–Crippen MR) is 72.5 cm³/mol. The van der Waals surface area contributed by atoms with Gasteiger partial charge in [-0.15, -0.1) is 11.3 Å². The van der Waals surface area contributed by atoms with Crippen LogP contribution in [0, 0.1) is 0 Å². The average Bonchev–Trinajstić information content (AvgIpc) is 3.11. The first-order valence-corrected chi connectivity index (χ1v) is 7.63. The second-order valence-electron chi connectivity index (χ2n) is 4.66. The zero-order valence-electron chi connectivity index (χ0n) is 9.56. The van der Waals surface area contributed by atoms with E-state index in [9.17, 15) is 4.79 Å². The van der Waals surface area contributed by atoms with Gasteiger partial charge in [0.25, 0.3) is 5.91 Å². The van der Waals surface area contributed by atoms with Gasteiger partial charge in [0.15, 0.2) is 0 Å². The van der Waals surface area contributed by atoms with Gasteiger partial charge in [-0.2, -0.15) is 0 Å². The van der Waals surface area contributed by atoms with Crippen molar-refractivity contribution in [3.8, 4) is 0 Å². The van der Waals surface area contributed by atoms with E-state index in [1.165, 1.54) is 24.2 Å². The van der Waals surface area contributed by atoms with Crippen molar-refractivity contribution in [2.24, 2.45) is 0 Å². The molecule has 1 amide bonds. The molecule has 0 bridgehead atoms. The van der Waals surface area contributed by atoms with Gasteiger partial charge in [0.05, 0.1) is 8.66 Å². The Morgan fingerprint density at radius 1 is 1.24 bits per heavy atom. The first kappa shape index (κ1) is 11.7. The topological polar surface area (TPSA) is 23.6 Å². The SMILES string of the molecule is O=C(c1ccc(Br)s1)N1CCN(C2CC2)CC1. The average molecular weight is 315 g/mol. The molecule has 1 saturated carbocycles. The van der Waals surface area contributed by atoms with Crippen molar-refractivity contribution in [3.63, 3.8) is 0 Å². The predicted octanol–water partition coefficient (Wildman–Crippen LogP) is 2.43. The number of nitrogens with zero attached hydrogens (tertiary/aromatic N) is 2. The van der Waals surface area contributed by atoms with Gasteiger partial charge in [0.2, 0.25) is 0 Å². The van der Waals surface area contributed by atoms with Crippen molar-refractivity contribution >= 4 is 33.2 Å². The number of thiophene rings is 1. The summed E-state index contributed by atoms with van der Waals surface area (Å²) >= 11 is 4.92. The van der Waals surface area contributed by atoms with Gasteiger partial charge in [-0.3, -0.25) is 9.69 Å². The van der Waals surface area contributed by atoms with Gasteiger partial charge in [-0.25, -0.2) is 0 Å². The molecule has 1 saturated heterocycles. The van der Waals surface area contributed by atoms with E-state index in [-0.39, 0.29) is 5.91 Å². The van der Waals surface area contributed by atoms with Gasteiger partial charge in [0.1, 0.15) is 0 Å². The monoisotopic (exact) mass is 314 g/mol. The van der Waals surface area contributed by atoms with Crippen molar-refractivity contribution in [2.45, 2.75) is 18.9 Å². The van der Waals surface area contributed by atoms with Crippen molar-refractivity contribution in [1.82, 2.24) is 9.80 Å². The molecular formula is C12H15BrN2OS. The number of piperazine rings is 1. The van der Waals surface area contributed by atoms with Crippen molar-refractivity contribution in [1.29, 1.82) is 0 Å². The van der Waals surface area contributed by atoms with E-state index in [0.29, 0.717) is 0 Å². The zero-order valence-corrected chi connectivity index (χ0v) is 12.0. The second kappa shape index (κ2) is 4.71. The zero-order chi connectivity index (χ0) is 11.8. The minimum absolute atomic E-state index is 0.191. The second-order valence-corrected chi connectivity index (χ2v) is 7.13. The lowest BCUT2D eigenvalue weighted by Crippen LogP contribution is -2.49. The first-order valence-electron chi connectivity index (χ1n) is 6.03. The normalized spacial score (nSPS) is 21.8. The molecule has 1 aromatic heterocycles. The molecule has 17 heavy (non-hydrogen) atoms. The van der Waals surface area contributed by atoms with Gasteiger partial charge in [-0.05, 0) is 40.9 Å². The van der Waals surface area contributed by atoms with E-state index >= 15 is 0 Å². The van der Waals surface area contributed by atoms with Crippen LogP contribution in [0.1, 0.15) is 22.5 Å². The number of rotatable bonds is 2. The van der Waals surface area contributed by atoms with E-state index in [0.717, 1.165) is 40.9 Å². The Bertz CT molecular complexity index is 422. The lowest BCUT2D eigenvalue weighted by Gasteiger charge is -2.34. The van der Waals surface area contributed by atoms with E-state index < -0.39 is 0 Å². The Kier molecular flexibility index (Phi) is 3.23. The van der Waals surface area contributed by atoms with Crippen LogP contribution < -0.4 is 0 Å². The molecule has 2 fully saturated rings. The highest BCUT2D eigenvalue weighted by Gasteiger charge is 2.32. The summed E-state index contributed by atoms with van der Waals surface area (Å²) < 4.78 is 1.03. The fourth-order valence-electron chi connectivity index (χ4n) is 2.31.